The van der Waals surface area contributed by atoms with Gasteiger partial charge in [-0.15, -0.1) is 13.2 Å². The van der Waals surface area contributed by atoms with E-state index in [0.29, 0.717) is 19.4 Å². The van der Waals surface area contributed by atoms with Crippen molar-refractivity contribution >= 4 is 33.7 Å². The molecule has 1 spiro atoms. The summed E-state index contributed by atoms with van der Waals surface area (Å²) in [5, 5.41) is 10.0. The van der Waals surface area contributed by atoms with E-state index in [-0.39, 0.29) is 36.4 Å². The van der Waals surface area contributed by atoms with Crippen LogP contribution in [0.1, 0.15) is 25.3 Å². The second-order valence-corrected chi connectivity index (χ2v) is 10.9. The van der Waals surface area contributed by atoms with Crippen LogP contribution in [0, 0.1) is 11.8 Å². The van der Waals surface area contributed by atoms with Crippen LogP contribution in [0.3, 0.4) is 0 Å². The lowest BCUT2D eigenvalue weighted by molar-refractivity contribution is -0.156. The molecule has 3 saturated heterocycles. The predicted octanol–water partition coefficient (Wildman–Crippen LogP) is 2.45. The van der Waals surface area contributed by atoms with Crippen LogP contribution >= 0.6 is 15.9 Å². The summed E-state index contributed by atoms with van der Waals surface area (Å²) in [6.45, 7) is 9.58. The summed E-state index contributed by atoms with van der Waals surface area (Å²) in [5.74, 6) is -2.87. The molecule has 7 atom stereocenters. The lowest BCUT2D eigenvalue weighted by Gasteiger charge is -2.38. The molecule has 3 aliphatic heterocycles. The summed E-state index contributed by atoms with van der Waals surface area (Å²) < 4.78 is 11.9. The third-order valence-corrected chi connectivity index (χ3v) is 8.26. The molecule has 36 heavy (non-hydrogen) atoms. The van der Waals surface area contributed by atoms with E-state index in [1.807, 2.05) is 30.3 Å². The van der Waals surface area contributed by atoms with Crippen molar-refractivity contribution in [2.45, 2.75) is 54.9 Å². The molecule has 3 unspecified atom stereocenters. The Bertz CT molecular complexity index is 1020. The van der Waals surface area contributed by atoms with E-state index in [9.17, 15) is 19.5 Å². The quantitative estimate of drug-likeness (QED) is 0.193. The number of aliphatic hydroxyl groups excluding tert-OH is 1. The number of amides is 2. The van der Waals surface area contributed by atoms with Gasteiger partial charge in [0, 0.05) is 17.9 Å². The van der Waals surface area contributed by atoms with Gasteiger partial charge in [0.05, 0.1) is 37.2 Å². The van der Waals surface area contributed by atoms with Crippen LogP contribution in [0.2, 0.25) is 0 Å². The largest absolute Gasteiger partial charge is 0.465 e. The van der Waals surface area contributed by atoms with Crippen molar-refractivity contribution in [3.8, 4) is 0 Å². The van der Waals surface area contributed by atoms with Crippen LogP contribution < -0.4 is 0 Å². The first-order valence-electron chi connectivity index (χ1n) is 12.3. The van der Waals surface area contributed by atoms with E-state index >= 15 is 0 Å². The van der Waals surface area contributed by atoms with Crippen molar-refractivity contribution in [1.82, 2.24) is 9.80 Å². The van der Waals surface area contributed by atoms with Gasteiger partial charge in [-0.1, -0.05) is 58.4 Å². The Labute approximate surface area is 220 Å². The zero-order valence-electron chi connectivity index (χ0n) is 20.4. The number of alkyl halides is 1. The number of halogens is 1. The van der Waals surface area contributed by atoms with Crippen molar-refractivity contribution in [2.75, 3.05) is 19.8 Å². The molecule has 3 heterocycles. The Kier molecular flexibility index (Phi) is 8.02. The van der Waals surface area contributed by atoms with Crippen molar-refractivity contribution in [3.63, 3.8) is 0 Å². The molecule has 8 nitrogen and oxygen atoms in total. The molecule has 1 aromatic rings. The monoisotopic (exact) mass is 560 g/mol. The van der Waals surface area contributed by atoms with E-state index in [1.165, 1.54) is 4.90 Å². The standard InChI is InChI=1S/C27H33BrN2O6/c1-4-6-13-35-26(34)20-21-24(32)30(17(3)16-31)23(27(21)14-19(28)22(20)36-27)25(33)29(12-5-2)15-18-10-8-7-9-11-18/h4-5,7-11,17,19-23,31H,1-2,6,12-16H2,3H3/t17-,19?,20-,21+,22-,23?,27?/m1/s1. The molecule has 0 radical (unpaired) electrons. The molecular weight excluding hydrogens is 528 g/mol. The summed E-state index contributed by atoms with van der Waals surface area (Å²) in [5.41, 5.74) is -0.263. The Morgan fingerprint density at radius 2 is 2.06 bits per heavy atom. The van der Waals surface area contributed by atoms with E-state index in [4.69, 9.17) is 9.47 Å². The fraction of sp³-hybridized carbons (Fsp3) is 0.519. The summed E-state index contributed by atoms with van der Waals surface area (Å²) in [7, 11) is 0. The molecule has 1 aromatic carbocycles. The van der Waals surface area contributed by atoms with Crippen LogP contribution in [-0.4, -0.2) is 81.1 Å². The van der Waals surface area contributed by atoms with Gasteiger partial charge in [0.1, 0.15) is 11.6 Å². The molecule has 4 rings (SSSR count). The van der Waals surface area contributed by atoms with Gasteiger partial charge in [-0.25, -0.2) is 0 Å². The van der Waals surface area contributed by atoms with Crippen molar-refractivity contribution < 1.29 is 29.0 Å². The minimum absolute atomic E-state index is 0.162. The van der Waals surface area contributed by atoms with E-state index < -0.39 is 41.6 Å². The number of carbonyl (C=O) groups excluding carboxylic acids is 3. The summed E-state index contributed by atoms with van der Waals surface area (Å²) in [4.78, 5) is 44.1. The third kappa shape index (κ3) is 4.41. The van der Waals surface area contributed by atoms with Crippen molar-refractivity contribution in [2.24, 2.45) is 11.8 Å². The SMILES string of the molecule is C=CCCOC(=O)[C@H]1[C@@H]2OC3(CC2Br)C(C(=O)N(CC=C)Cc2ccccc2)N([C@H](C)CO)C(=O)[C@H]13. The molecule has 0 aliphatic carbocycles. The molecule has 0 saturated carbocycles. The van der Waals surface area contributed by atoms with Crippen molar-refractivity contribution in [3.05, 3.63) is 61.2 Å². The minimum Gasteiger partial charge on any atom is -0.465 e. The number of carbonyl (C=O) groups is 3. The number of hydrogen-bond acceptors (Lipinski definition) is 6. The Morgan fingerprint density at radius 3 is 2.69 bits per heavy atom. The molecule has 1 N–H and O–H groups in total. The highest BCUT2D eigenvalue weighted by Crippen LogP contribution is 2.60. The average Bonchev–Trinajstić information content (AvgIpc) is 3.47. The Balaban J connectivity index is 1.72. The number of ether oxygens (including phenoxy) is 2. The smallest absolute Gasteiger partial charge is 0.312 e. The van der Waals surface area contributed by atoms with Crippen LogP contribution in [0.4, 0.5) is 0 Å². The molecular formula is C27H33BrN2O6. The molecule has 9 heteroatoms. The normalized spacial score (nSPS) is 31.1. The minimum atomic E-state index is -1.20. The van der Waals surface area contributed by atoms with Gasteiger partial charge >= 0.3 is 5.97 Å². The topological polar surface area (TPSA) is 96.4 Å². The second-order valence-electron chi connectivity index (χ2n) is 9.68. The second kappa shape index (κ2) is 10.9. The molecule has 2 amide bonds. The Hall–Kier alpha value is -2.49. The summed E-state index contributed by atoms with van der Waals surface area (Å²) >= 11 is 3.64. The summed E-state index contributed by atoms with van der Waals surface area (Å²) in [6, 6.07) is 7.95. The van der Waals surface area contributed by atoms with E-state index in [0.717, 1.165) is 5.56 Å². The predicted molar refractivity (Wildman–Crippen MR) is 137 cm³/mol. The van der Waals surface area contributed by atoms with Gasteiger partial charge in [-0.05, 0) is 25.3 Å². The highest BCUT2D eigenvalue weighted by molar-refractivity contribution is 9.09. The molecule has 0 aromatic heterocycles. The van der Waals surface area contributed by atoms with Gasteiger partial charge in [0.25, 0.3) is 0 Å². The number of benzene rings is 1. The van der Waals surface area contributed by atoms with Crippen LogP contribution in [0.5, 0.6) is 0 Å². The highest BCUT2D eigenvalue weighted by atomic mass is 79.9. The van der Waals surface area contributed by atoms with Gasteiger partial charge in [0.2, 0.25) is 11.8 Å². The fourth-order valence-corrected chi connectivity index (χ4v) is 6.83. The van der Waals surface area contributed by atoms with Crippen molar-refractivity contribution in [1.29, 1.82) is 0 Å². The van der Waals surface area contributed by atoms with Gasteiger partial charge < -0.3 is 24.4 Å². The highest BCUT2D eigenvalue weighted by Gasteiger charge is 2.77. The van der Waals surface area contributed by atoms with Gasteiger partial charge in [-0.3, -0.25) is 14.4 Å². The average molecular weight is 561 g/mol. The van der Waals surface area contributed by atoms with Gasteiger partial charge in [0.15, 0.2) is 0 Å². The first-order chi connectivity index (χ1) is 17.3. The van der Waals surface area contributed by atoms with Gasteiger partial charge in [-0.2, -0.15) is 0 Å². The van der Waals surface area contributed by atoms with E-state index in [2.05, 4.69) is 29.1 Å². The summed E-state index contributed by atoms with van der Waals surface area (Å²) in [6.07, 6.45) is 3.60. The number of nitrogens with zero attached hydrogens (tertiary/aromatic N) is 2. The first-order valence-corrected chi connectivity index (χ1v) is 13.2. The number of rotatable bonds is 11. The fourth-order valence-electron chi connectivity index (χ4n) is 5.88. The number of esters is 1. The molecule has 3 fully saturated rings. The maximum atomic E-state index is 14.2. The van der Waals surface area contributed by atoms with Crippen LogP contribution in [0.25, 0.3) is 0 Å². The molecule has 2 bridgehead atoms. The maximum Gasteiger partial charge on any atom is 0.312 e. The lowest BCUT2D eigenvalue weighted by atomic mass is 9.70. The van der Waals surface area contributed by atoms with E-state index in [1.54, 1.807) is 24.0 Å². The zero-order chi connectivity index (χ0) is 26.0. The third-order valence-electron chi connectivity index (χ3n) is 7.42. The number of likely N-dealkylation sites (tertiary alicyclic amines) is 1. The first kappa shape index (κ1) is 26.6. The van der Waals surface area contributed by atoms with Crippen LogP contribution in [-0.2, 0) is 30.4 Å². The Morgan fingerprint density at radius 1 is 1.33 bits per heavy atom. The maximum absolute atomic E-state index is 14.2. The molecule has 194 valence electrons. The number of fused-ring (bicyclic) bond motifs is 1. The van der Waals surface area contributed by atoms with Crippen LogP contribution in [0.15, 0.2) is 55.6 Å². The lowest BCUT2D eigenvalue weighted by Crippen LogP contribution is -2.58. The molecule has 3 aliphatic rings. The zero-order valence-corrected chi connectivity index (χ0v) is 22.0. The number of hydrogen-bond donors (Lipinski definition) is 1. The number of aliphatic hydroxyl groups is 1.